The van der Waals surface area contributed by atoms with E-state index in [9.17, 15) is 4.79 Å². The van der Waals surface area contributed by atoms with Crippen LogP contribution in [0.2, 0.25) is 5.02 Å². The van der Waals surface area contributed by atoms with Crippen molar-refractivity contribution in [1.82, 2.24) is 5.32 Å². The zero-order valence-electron chi connectivity index (χ0n) is 10.3. The average Bonchev–Trinajstić information content (AvgIpc) is 2.20. The molecule has 0 atom stereocenters. The second-order valence-electron chi connectivity index (χ2n) is 4.12. The molecule has 0 bridgehead atoms. The summed E-state index contributed by atoms with van der Waals surface area (Å²) in [6.07, 6.45) is 1.54. The largest absolute Gasteiger partial charge is 0.361 e. The highest BCUT2D eigenvalue weighted by Gasteiger charge is 2.14. The monoisotopic (exact) mass is 252 g/mol. The molecule has 3 nitrogen and oxygen atoms in total. The van der Waals surface area contributed by atoms with Crippen LogP contribution in [0, 0.1) is 6.92 Å². The topological polar surface area (TPSA) is 41.1 Å². The van der Waals surface area contributed by atoms with Gasteiger partial charge in [0.2, 0.25) is 0 Å². The Bertz CT molecular complexity index is 441. The number of rotatable bonds is 4. The zero-order valence-corrected chi connectivity index (χ0v) is 11.1. The van der Waals surface area contributed by atoms with Crippen molar-refractivity contribution < 1.29 is 4.79 Å². The van der Waals surface area contributed by atoms with Crippen LogP contribution in [-0.4, -0.2) is 11.9 Å². The van der Waals surface area contributed by atoms with Crippen molar-refractivity contribution in [2.24, 2.45) is 0 Å². The molecule has 92 valence electrons. The number of carbonyl (C=O) groups excluding carboxylic acids is 1. The molecule has 2 N–H and O–H groups in total. The van der Waals surface area contributed by atoms with Crippen molar-refractivity contribution >= 4 is 23.2 Å². The predicted molar refractivity (Wildman–Crippen MR) is 72.6 cm³/mol. The number of amides is 1. The lowest BCUT2D eigenvalue weighted by molar-refractivity contribution is 0.0944. The van der Waals surface area contributed by atoms with E-state index in [2.05, 4.69) is 17.2 Å². The van der Waals surface area contributed by atoms with E-state index in [4.69, 9.17) is 11.6 Å². The summed E-state index contributed by atoms with van der Waals surface area (Å²) in [5, 5.41) is 6.36. The number of aryl methyl sites for hydroxylation is 1. The van der Waals surface area contributed by atoms with E-state index in [1.807, 2.05) is 20.8 Å². The molecule has 0 aliphatic heterocycles. The molecule has 1 amide bonds. The van der Waals surface area contributed by atoms with Gasteiger partial charge in [0, 0.05) is 11.1 Å². The van der Waals surface area contributed by atoms with Gasteiger partial charge in [0.15, 0.2) is 0 Å². The van der Waals surface area contributed by atoms with Crippen LogP contribution in [0.25, 0.3) is 0 Å². The van der Waals surface area contributed by atoms with Gasteiger partial charge in [-0.1, -0.05) is 18.2 Å². The van der Waals surface area contributed by atoms with Gasteiger partial charge in [-0.05, 0) is 44.7 Å². The molecule has 0 aliphatic carbocycles. The van der Waals surface area contributed by atoms with Gasteiger partial charge in [-0.2, -0.15) is 0 Å². The quantitative estimate of drug-likeness (QED) is 0.863. The van der Waals surface area contributed by atoms with E-state index in [0.29, 0.717) is 10.6 Å². The molecule has 0 saturated carbocycles. The molecule has 0 unspecified atom stereocenters. The van der Waals surface area contributed by atoms with Gasteiger partial charge in [0.05, 0.1) is 11.3 Å². The molecular formula is C13H17ClN2O. The molecule has 4 heteroatoms. The Labute approximate surface area is 107 Å². The lowest BCUT2D eigenvalue weighted by atomic mass is 10.1. The van der Waals surface area contributed by atoms with E-state index in [1.54, 1.807) is 18.3 Å². The maximum absolute atomic E-state index is 12.0. The van der Waals surface area contributed by atoms with Crippen LogP contribution in [0.15, 0.2) is 24.9 Å². The van der Waals surface area contributed by atoms with Crippen molar-refractivity contribution in [2.75, 3.05) is 5.32 Å². The minimum absolute atomic E-state index is 0.0818. The minimum Gasteiger partial charge on any atom is -0.361 e. The van der Waals surface area contributed by atoms with E-state index in [-0.39, 0.29) is 11.9 Å². The third-order valence-electron chi connectivity index (χ3n) is 2.21. The smallest absolute Gasteiger partial charge is 0.253 e. The molecular weight excluding hydrogens is 236 g/mol. The fourth-order valence-electron chi connectivity index (χ4n) is 1.56. The summed E-state index contributed by atoms with van der Waals surface area (Å²) in [5.74, 6) is -0.144. The van der Waals surface area contributed by atoms with Crippen LogP contribution in [0.4, 0.5) is 5.69 Å². The number of carbonyl (C=O) groups is 1. The van der Waals surface area contributed by atoms with E-state index >= 15 is 0 Å². The highest BCUT2D eigenvalue weighted by Crippen LogP contribution is 2.25. The Balaban J connectivity index is 3.19. The molecule has 0 saturated heterocycles. The first-order valence-electron chi connectivity index (χ1n) is 5.44. The van der Waals surface area contributed by atoms with Crippen LogP contribution in [-0.2, 0) is 0 Å². The Morgan fingerprint density at radius 2 is 2.12 bits per heavy atom. The molecule has 17 heavy (non-hydrogen) atoms. The van der Waals surface area contributed by atoms with Gasteiger partial charge in [0.25, 0.3) is 5.91 Å². The Morgan fingerprint density at radius 3 is 2.65 bits per heavy atom. The van der Waals surface area contributed by atoms with Crippen LogP contribution in [0.3, 0.4) is 0 Å². The fraction of sp³-hybridized carbons (Fsp3) is 0.308. The van der Waals surface area contributed by atoms with Crippen LogP contribution in [0.5, 0.6) is 0 Å². The molecule has 0 heterocycles. The average molecular weight is 253 g/mol. The molecule has 0 fully saturated rings. The molecule has 0 aromatic heterocycles. The molecule has 1 rings (SSSR count). The van der Waals surface area contributed by atoms with Gasteiger partial charge < -0.3 is 10.6 Å². The first-order chi connectivity index (χ1) is 7.95. The maximum Gasteiger partial charge on any atom is 0.253 e. The van der Waals surface area contributed by atoms with Crippen molar-refractivity contribution in [2.45, 2.75) is 26.8 Å². The summed E-state index contributed by atoms with van der Waals surface area (Å²) >= 11 is 5.97. The summed E-state index contributed by atoms with van der Waals surface area (Å²) in [4.78, 5) is 12.0. The number of anilines is 1. The zero-order chi connectivity index (χ0) is 13.0. The van der Waals surface area contributed by atoms with Crippen molar-refractivity contribution in [3.05, 3.63) is 41.1 Å². The number of benzene rings is 1. The molecule has 0 aliphatic rings. The van der Waals surface area contributed by atoms with Crippen molar-refractivity contribution in [3.63, 3.8) is 0 Å². The van der Waals surface area contributed by atoms with Crippen molar-refractivity contribution in [3.8, 4) is 0 Å². The summed E-state index contributed by atoms with van der Waals surface area (Å²) < 4.78 is 0. The number of hydrogen-bond acceptors (Lipinski definition) is 2. The van der Waals surface area contributed by atoms with Crippen LogP contribution < -0.4 is 10.6 Å². The SMILES string of the molecule is C=CNc1c(C)cc(Cl)cc1C(=O)NC(C)C. The minimum atomic E-state index is -0.144. The lowest BCUT2D eigenvalue weighted by Gasteiger charge is -2.14. The van der Waals surface area contributed by atoms with Gasteiger partial charge >= 0.3 is 0 Å². The third-order valence-corrected chi connectivity index (χ3v) is 2.43. The molecule has 0 spiro atoms. The normalized spacial score (nSPS) is 10.2. The van der Waals surface area contributed by atoms with Crippen LogP contribution >= 0.6 is 11.6 Å². The second kappa shape index (κ2) is 5.73. The molecule has 1 aromatic rings. The lowest BCUT2D eigenvalue weighted by Crippen LogP contribution is -2.30. The highest BCUT2D eigenvalue weighted by molar-refractivity contribution is 6.31. The second-order valence-corrected chi connectivity index (χ2v) is 4.56. The van der Waals surface area contributed by atoms with Crippen molar-refractivity contribution in [1.29, 1.82) is 0 Å². The third kappa shape index (κ3) is 3.49. The standard InChI is InChI=1S/C13H17ClN2O/c1-5-15-12-9(4)6-10(14)7-11(12)13(17)16-8(2)3/h5-8,15H,1H2,2-4H3,(H,16,17). The van der Waals surface area contributed by atoms with E-state index in [0.717, 1.165) is 11.3 Å². The molecule has 1 aromatic carbocycles. The van der Waals surface area contributed by atoms with Gasteiger partial charge in [0.1, 0.15) is 0 Å². The summed E-state index contributed by atoms with van der Waals surface area (Å²) in [6.45, 7) is 9.32. The maximum atomic E-state index is 12.0. The Kier molecular flexibility index (Phi) is 4.58. The number of halogens is 1. The highest BCUT2D eigenvalue weighted by atomic mass is 35.5. The van der Waals surface area contributed by atoms with Crippen LogP contribution in [0.1, 0.15) is 29.8 Å². The van der Waals surface area contributed by atoms with Gasteiger partial charge in [-0.25, -0.2) is 0 Å². The fourth-order valence-corrected chi connectivity index (χ4v) is 1.83. The number of nitrogens with one attached hydrogen (secondary N) is 2. The predicted octanol–water partition coefficient (Wildman–Crippen LogP) is 3.34. The Hall–Kier alpha value is -1.48. The summed E-state index contributed by atoms with van der Waals surface area (Å²) in [5.41, 5.74) is 2.18. The molecule has 0 radical (unpaired) electrons. The summed E-state index contributed by atoms with van der Waals surface area (Å²) in [6, 6.07) is 3.54. The first-order valence-corrected chi connectivity index (χ1v) is 5.82. The van der Waals surface area contributed by atoms with Gasteiger partial charge in [-0.15, -0.1) is 0 Å². The number of hydrogen-bond donors (Lipinski definition) is 2. The van der Waals surface area contributed by atoms with Gasteiger partial charge in [-0.3, -0.25) is 4.79 Å². The summed E-state index contributed by atoms with van der Waals surface area (Å²) in [7, 11) is 0. The first kappa shape index (κ1) is 13.6. The Morgan fingerprint density at radius 1 is 1.47 bits per heavy atom. The van der Waals surface area contributed by atoms with E-state index < -0.39 is 0 Å². The van der Waals surface area contributed by atoms with E-state index in [1.165, 1.54) is 0 Å².